The van der Waals surface area contributed by atoms with Crippen molar-refractivity contribution in [2.45, 2.75) is 26.7 Å². The fraction of sp³-hybridized carbons (Fsp3) is 0.333. The van der Waals surface area contributed by atoms with E-state index in [2.05, 4.69) is 6.92 Å². The molecule has 2 aromatic rings. The van der Waals surface area contributed by atoms with Crippen molar-refractivity contribution in [3.05, 3.63) is 39.6 Å². The third-order valence-electron chi connectivity index (χ3n) is 2.69. The van der Waals surface area contributed by atoms with Gasteiger partial charge in [0, 0.05) is 23.1 Å². The smallest absolute Gasteiger partial charge is 0.270 e. The lowest BCUT2D eigenvalue weighted by atomic mass is 10.1. The molecule has 0 atom stereocenters. The highest BCUT2D eigenvalue weighted by atomic mass is 16.6. The normalized spacial score (nSPS) is 10.9. The van der Waals surface area contributed by atoms with E-state index in [1.165, 1.54) is 6.07 Å². The van der Waals surface area contributed by atoms with Gasteiger partial charge in [-0.1, -0.05) is 13.3 Å². The van der Waals surface area contributed by atoms with Crippen LogP contribution in [-0.4, -0.2) is 4.92 Å². The first-order chi connectivity index (χ1) is 7.63. The lowest BCUT2D eigenvalue weighted by molar-refractivity contribution is -0.384. The molecule has 4 heteroatoms. The van der Waals surface area contributed by atoms with Crippen LogP contribution in [0.5, 0.6) is 0 Å². The Labute approximate surface area is 93.0 Å². The first-order valence-corrected chi connectivity index (χ1v) is 5.30. The summed E-state index contributed by atoms with van der Waals surface area (Å²) < 4.78 is 5.56. The molecule has 0 saturated carbocycles. The van der Waals surface area contributed by atoms with Crippen molar-refractivity contribution in [3.8, 4) is 0 Å². The Kier molecular flexibility index (Phi) is 2.64. The Morgan fingerprint density at radius 2 is 2.19 bits per heavy atom. The molecule has 0 amide bonds. The van der Waals surface area contributed by atoms with E-state index >= 15 is 0 Å². The lowest BCUT2D eigenvalue weighted by Gasteiger charge is -1.96. The van der Waals surface area contributed by atoms with Crippen molar-refractivity contribution >= 4 is 16.7 Å². The summed E-state index contributed by atoms with van der Waals surface area (Å²) in [5, 5.41) is 11.6. The van der Waals surface area contributed by atoms with Crippen LogP contribution in [0.2, 0.25) is 0 Å². The summed E-state index contributed by atoms with van der Waals surface area (Å²) in [5.41, 5.74) is 1.93. The minimum atomic E-state index is -0.377. The Balaban J connectivity index is 2.64. The molecule has 4 nitrogen and oxygen atoms in total. The number of hydrogen-bond acceptors (Lipinski definition) is 3. The minimum Gasteiger partial charge on any atom is -0.461 e. The van der Waals surface area contributed by atoms with Gasteiger partial charge in [-0.2, -0.15) is 0 Å². The molecule has 1 aromatic heterocycles. The average molecular weight is 219 g/mol. The fourth-order valence-corrected chi connectivity index (χ4v) is 1.93. The summed E-state index contributed by atoms with van der Waals surface area (Å²) >= 11 is 0. The molecule has 0 aliphatic carbocycles. The molecule has 0 bridgehead atoms. The summed E-state index contributed by atoms with van der Waals surface area (Å²) in [6.45, 7) is 3.98. The van der Waals surface area contributed by atoms with E-state index in [1.54, 1.807) is 12.1 Å². The second kappa shape index (κ2) is 3.96. The molecule has 1 aromatic carbocycles. The summed E-state index contributed by atoms with van der Waals surface area (Å²) in [7, 11) is 0. The number of nitrogens with zero attached hydrogens (tertiary/aromatic N) is 1. The molecule has 0 spiro atoms. The van der Waals surface area contributed by atoms with Crippen LogP contribution in [0, 0.1) is 17.0 Å². The van der Waals surface area contributed by atoms with Gasteiger partial charge in [0.2, 0.25) is 0 Å². The monoisotopic (exact) mass is 219 g/mol. The number of furan rings is 1. The van der Waals surface area contributed by atoms with Gasteiger partial charge in [-0.05, 0) is 19.4 Å². The highest BCUT2D eigenvalue weighted by Gasteiger charge is 2.14. The number of rotatable bonds is 3. The van der Waals surface area contributed by atoms with E-state index in [4.69, 9.17) is 4.42 Å². The Hall–Kier alpha value is -1.84. The summed E-state index contributed by atoms with van der Waals surface area (Å²) in [6.07, 6.45) is 1.89. The van der Waals surface area contributed by atoms with Gasteiger partial charge >= 0.3 is 0 Å². The minimum absolute atomic E-state index is 0.116. The third kappa shape index (κ3) is 1.66. The number of fused-ring (bicyclic) bond motifs is 1. The van der Waals surface area contributed by atoms with Crippen LogP contribution in [-0.2, 0) is 6.42 Å². The maximum atomic E-state index is 10.7. The second-order valence-corrected chi connectivity index (χ2v) is 3.82. The maximum absolute atomic E-state index is 10.7. The molecule has 0 aliphatic rings. The number of aryl methyl sites for hydroxylation is 2. The van der Waals surface area contributed by atoms with Crippen LogP contribution in [0.4, 0.5) is 5.69 Å². The highest BCUT2D eigenvalue weighted by molar-refractivity contribution is 5.84. The van der Waals surface area contributed by atoms with Gasteiger partial charge in [0.05, 0.1) is 4.92 Å². The molecule has 0 fully saturated rings. The van der Waals surface area contributed by atoms with Gasteiger partial charge in [-0.15, -0.1) is 0 Å². The van der Waals surface area contributed by atoms with Gasteiger partial charge in [0.25, 0.3) is 5.69 Å². The summed E-state index contributed by atoms with van der Waals surface area (Å²) in [4.78, 5) is 10.3. The van der Waals surface area contributed by atoms with Crippen molar-refractivity contribution in [1.82, 2.24) is 0 Å². The molecule has 0 unspecified atom stereocenters. The maximum Gasteiger partial charge on any atom is 0.270 e. The summed E-state index contributed by atoms with van der Waals surface area (Å²) in [5.74, 6) is 0.859. The molecular formula is C12H13NO3. The standard InChI is InChI=1S/C12H13NO3/c1-3-4-10-8(2)16-12-6-5-9(13(14)15)7-11(10)12/h5-7H,3-4H2,1-2H3. The first-order valence-electron chi connectivity index (χ1n) is 5.30. The molecular weight excluding hydrogens is 206 g/mol. The van der Waals surface area contributed by atoms with Crippen molar-refractivity contribution in [3.63, 3.8) is 0 Å². The number of hydrogen-bond donors (Lipinski definition) is 0. The molecule has 84 valence electrons. The molecule has 16 heavy (non-hydrogen) atoms. The highest BCUT2D eigenvalue weighted by Crippen LogP contribution is 2.29. The first kappa shape index (κ1) is 10.7. The SMILES string of the molecule is CCCc1c(C)oc2ccc([N+](=O)[O-])cc12. The van der Waals surface area contributed by atoms with E-state index in [9.17, 15) is 10.1 Å². The van der Waals surface area contributed by atoms with E-state index in [1.807, 2.05) is 6.92 Å². The zero-order valence-corrected chi connectivity index (χ0v) is 9.32. The van der Waals surface area contributed by atoms with Crippen molar-refractivity contribution < 1.29 is 9.34 Å². The zero-order valence-electron chi connectivity index (χ0n) is 9.32. The number of nitro groups is 1. The fourth-order valence-electron chi connectivity index (χ4n) is 1.93. The molecule has 0 saturated heterocycles. The molecule has 2 rings (SSSR count). The predicted octanol–water partition coefficient (Wildman–Crippen LogP) is 3.60. The van der Waals surface area contributed by atoms with Crippen LogP contribution in [0.25, 0.3) is 11.0 Å². The predicted molar refractivity (Wildman–Crippen MR) is 61.6 cm³/mol. The van der Waals surface area contributed by atoms with E-state index in [0.29, 0.717) is 0 Å². The van der Waals surface area contributed by atoms with Gasteiger partial charge in [-0.3, -0.25) is 10.1 Å². The zero-order chi connectivity index (χ0) is 11.7. The van der Waals surface area contributed by atoms with Gasteiger partial charge < -0.3 is 4.42 Å². The molecule has 0 N–H and O–H groups in total. The Morgan fingerprint density at radius 3 is 2.81 bits per heavy atom. The summed E-state index contributed by atoms with van der Waals surface area (Å²) in [6, 6.07) is 4.73. The number of nitro benzene ring substituents is 1. The molecule has 0 radical (unpaired) electrons. The Bertz CT molecular complexity index is 542. The Morgan fingerprint density at radius 1 is 1.44 bits per heavy atom. The van der Waals surface area contributed by atoms with Gasteiger partial charge in [0.1, 0.15) is 11.3 Å². The average Bonchev–Trinajstić information content (AvgIpc) is 2.55. The topological polar surface area (TPSA) is 56.3 Å². The molecule has 1 heterocycles. The van der Waals surface area contributed by atoms with Crippen molar-refractivity contribution in [2.75, 3.05) is 0 Å². The van der Waals surface area contributed by atoms with Crippen molar-refractivity contribution in [2.24, 2.45) is 0 Å². The second-order valence-electron chi connectivity index (χ2n) is 3.82. The van der Waals surface area contributed by atoms with Gasteiger partial charge in [-0.25, -0.2) is 0 Å². The van der Waals surface area contributed by atoms with E-state index in [-0.39, 0.29) is 10.6 Å². The number of benzene rings is 1. The lowest BCUT2D eigenvalue weighted by Crippen LogP contribution is -1.88. The third-order valence-corrected chi connectivity index (χ3v) is 2.69. The number of non-ortho nitro benzene ring substituents is 1. The molecule has 0 aliphatic heterocycles. The quantitative estimate of drug-likeness (QED) is 0.585. The van der Waals surface area contributed by atoms with E-state index < -0.39 is 0 Å². The van der Waals surface area contributed by atoms with Crippen LogP contribution in [0.15, 0.2) is 22.6 Å². The van der Waals surface area contributed by atoms with Crippen molar-refractivity contribution in [1.29, 1.82) is 0 Å². The van der Waals surface area contributed by atoms with Crippen LogP contribution in [0.1, 0.15) is 24.7 Å². The van der Waals surface area contributed by atoms with E-state index in [0.717, 1.165) is 35.1 Å². The van der Waals surface area contributed by atoms with Crippen LogP contribution < -0.4 is 0 Å². The van der Waals surface area contributed by atoms with Crippen LogP contribution >= 0.6 is 0 Å². The largest absolute Gasteiger partial charge is 0.461 e. The van der Waals surface area contributed by atoms with Gasteiger partial charge in [0.15, 0.2) is 0 Å². The van der Waals surface area contributed by atoms with Crippen LogP contribution in [0.3, 0.4) is 0 Å².